The van der Waals surface area contributed by atoms with E-state index in [0.717, 1.165) is 24.9 Å². The number of likely N-dealkylation sites (tertiary alicyclic amines) is 1. The monoisotopic (exact) mass is 435 g/mol. The smallest absolute Gasteiger partial charge is 0.255 e. The van der Waals surface area contributed by atoms with Crippen LogP contribution < -0.4 is 21.5 Å². The van der Waals surface area contributed by atoms with Crippen molar-refractivity contribution in [2.24, 2.45) is 5.73 Å². The molecule has 2 aromatic rings. The van der Waals surface area contributed by atoms with Gasteiger partial charge in [-0.15, -0.1) is 0 Å². The van der Waals surface area contributed by atoms with E-state index < -0.39 is 0 Å². The molecule has 2 fully saturated rings. The van der Waals surface area contributed by atoms with Gasteiger partial charge >= 0.3 is 0 Å². The molecule has 0 aromatic heterocycles. The van der Waals surface area contributed by atoms with E-state index in [4.69, 9.17) is 5.73 Å². The molecule has 2 aliphatic rings. The Labute approximate surface area is 185 Å². The van der Waals surface area contributed by atoms with Crippen LogP contribution in [0.15, 0.2) is 48.5 Å². The third-order valence-corrected chi connectivity index (χ3v) is 5.70. The van der Waals surface area contributed by atoms with Crippen LogP contribution in [0.4, 0.5) is 11.4 Å². The lowest BCUT2D eigenvalue weighted by Crippen LogP contribution is -2.50. The van der Waals surface area contributed by atoms with Crippen molar-refractivity contribution in [3.05, 3.63) is 59.7 Å². The first-order valence-electron chi connectivity index (χ1n) is 10.6. The molecule has 4 amide bonds. The number of nitrogens with one attached hydrogen (secondary N) is 2. The van der Waals surface area contributed by atoms with Gasteiger partial charge in [0.1, 0.15) is 0 Å². The van der Waals surface area contributed by atoms with Crippen molar-refractivity contribution in [3.63, 3.8) is 0 Å². The van der Waals surface area contributed by atoms with E-state index in [9.17, 15) is 19.2 Å². The zero-order chi connectivity index (χ0) is 22.7. The SMILES string of the molecule is NC(=O)C1CCCN1Cc1cccc(NC(=O)c2ccc(N3NC(=O)CCC3=O)cc2)c1. The molecular weight excluding hydrogens is 410 g/mol. The highest BCUT2D eigenvalue weighted by Crippen LogP contribution is 2.22. The van der Waals surface area contributed by atoms with E-state index in [1.807, 2.05) is 18.2 Å². The van der Waals surface area contributed by atoms with Gasteiger partial charge in [0, 0.05) is 30.6 Å². The second-order valence-electron chi connectivity index (χ2n) is 8.00. The fraction of sp³-hybridized carbons (Fsp3) is 0.304. The lowest BCUT2D eigenvalue weighted by atomic mass is 10.1. The first kappa shape index (κ1) is 21.5. The summed E-state index contributed by atoms with van der Waals surface area (Å²) >= 11 is 0. The van der Waals surface area contributed by atoms with Gasteiger partial charge in [0.05, 0.1) is 11.7 Å². The number of hydrogen-bond donors (Lipinski definition) is 3. The first-order valence-corrected chi connectivity index (χ1v) is 10.6. The molecule has 1 atom stereocenters. The lowest BCUT2D eigenvalue weighted by Gasteiger charge is -2.27. The van der Waals surface area contributed by atoms with Gasteiger partial charge in [-0.25, -0.2) is 5.01 Å². The van der Waals surface area contributed by atoms with Gasteiger partial charge in [-0.3, -0.25) is 29.5 Å². The Bertz CT molecular complexity index is 1050. The molecule has 0 bridgehead atoms. The Hall–Kier alpha value is -3.72. The van der Waals surface area contributed by atoms with Crippen molar-refractivity contribution in [1.82, 2.24) is 10.3 Å². The predicted octanol–water partition coefficient (Wildman–Crippen LogP) is 1.55. The summed E-state index contributed by atoms with van der Waals surface area (Å²) in [5.41, 5.74) is 10.6. The van der Waals surface area contributed by atoms with Crippen LogP contribution >= 0.6 is 0 Å². The van der Waals surface area contributed by atoms with E-state index in [1.54, 1.807) is 30.3 Å². The summed E-state index contributed by atoms with van der Waals surface area (Å²) in [4.78, 5) is 49.9. The number of nitrogens with two attached hydrogens (primary N) is 1. The topological polar surface area (TPSA) is 125 Å². The number of amides is 4. The summed E-state index contributed by atoms with van der Waals surface area (Å²) in [5, 5.41) is 4.08. The van der Waals surface area contributed by atoms with Crippen molar-refractivity contribution < 1.29 is 19.2 Å². The quantitative estimate of drug-likeness (QED) is 0.635. The summed E-state index contributed by atoms with van der Waals surface area (Å²) in [5.74, 6) is -1.02. The third-order valence-electron chi connectivity index (χ3n) is 5.70. The van der Waals surface area contributed by atoms with E-state index in [-0.39, 0.29) is 42.5 Å². The van der Waals surface area contributed by atoms with Crippen molar-refractivity contribution in [1.29, 1.82) is 0 Å². The molecule has 1 unspecified atom stereocenters. The molecule has 0 spiro atoms. The molecule has 32 heavy (non-hydrogen) atoms. The van der Waals surface area contributed by atoms with Gasteiger partial charge in [0.2, 0.25) is 17.7 Å². The van der Waals surface area contributed by atoms with Crippen LogP contribution in [0.1, 0.15) is 41.6 Å². The zero-order valence-corrected chi connectivity index (χ0v) is 17.5. The zero-order valence-electron chi connectivity index (χ0n) is 17.5. The van der Waals surface area contributed by atoms with Gasteiger partial charge < -0.3 is 11.1 Å². The standard InChI is InChI=1S/C23H25N5O4/c24-22(31)19-5-2-12-27(19)14-15-3-1-4-17(13-15)25-23(32)16-6-8-18(9-7-16)28-21(30)11-10-20(29)26-28/h1,3-4,6-9,13,19H,2,5,10-12,14H2,(H2,24,31)(H,25,32)(H,26,29). The molecule has 4 rings (SSSR count). The highest BCUT2D eigenvalue weighted by atomic mass is 16.2. The molecule has 0 saturated carbocycles. The number of carbonyl (C=O) groups excluding carboxylic acids is 4. The minimum Gasteiger partial charge on any atom is -0.368 e. The van der Waals surface area contributed by atoms with Crippen LogP contribution in [-0.2, 0) is 20.9 Å². The Morgan fingerprint density at radius 1 is 1.09 bits per heavy atom. The van der Waals surface area contributed by atoms with Crippen LogP contribution in [0.3, 0.4) is 0 Å². The Balaban J connectivity index is 1.40. The molecular formula is C23H25N5O4. The minimum absolute atomic E-state index is 0.155. The fourth-order valence-electron chi connectivity index (χ4n) is 4.07. The minimum atomic E-state index is -0.304. The summed E-state index contributed by atoms with van der Waals surface area (Å²) in [7, 11) is 0. The Morgan fingerprint density at radius 2 is 1.88 bits per heavy atom. The van der Waals surface area contributed by atoms with Crippen LogP contribution in [0.2, 0.25) is 0 Å². The molecule has 9 heteroatoms. The van der Waals surface area contributed by atoms with Gasteiger partial charge in [0.15, 0.2) is 0 Å². The Kier molecular flexibility index (Phi) is 6.18. The fourth-order valence-corrected chi connectivity index (χ4v) is 4.07. The molecule has 4 N–H and O–H groups in total. The second kappa shape index (κ2) is 9.19. The van der Waals surface area contributed by atoms with Crippen LogP contribution in [0.5, 0.6) is 0 Å². The average molecular weight is 435 g/mol. The molecule has 2 aromatic carbocycles. The molecule has 166 valence electrons. The number of carbonyl (C=O) groups is 4. The van der Waals surface area contributed by atoms with Crippen LogP contribution in [0.25, 0.3) is 0 Å². The molecule has 2 heterocycles. The van der Waals surface area contributed by atoms with E-state index >= 15 is 0 Å². The van der Waals surface area contributed by atoms with Crippen LogP contribution in [-0.4, -0.2) is 41.1 Å². The van der Waals surface area contributed by atoms with Crippen molar-refractivity contribution in [2.45, 2.75) is 38.3 Å². The molecule has 0 radical (unpaired) electrons. The van der Waals surface area contributed by atoms with Crippen LogP contribution in [0, 0.1) is 0 Å². The Morgan fingerprint density at radius 3 is 2.62 bits per heavy atom. The number of anilines is 2. The van der Waals surface area contributed by atoms with E-state index in [0.29, 0.717) is 23.5 Å². The largest absolute Gasteiger partial charge is 0.368 e. The van der Waals surface area contributed by atoms with Crippen molar-refractivity contribution >= 4 is 35.0 Å². The normalized spacial score (nSPS) is 19.0. The molecule has 2 saturated heterocycles. The van der Waals surface area contributed by atoms with E-state index in [1.165, 1.54) is 5.01 Å². The van der Waals surface area contributed by atoms with Gasteiger partial charge in [-0.1, -0.05) is 12.1 Å². The summed E-state index contributed by atoms with van der Waals surface area (Å²) < 4.78 is 0. The van der Waals surface area contributed by atoms with Gasteiger partial charge in [-0.2, -0.15) is 0 Å². The van der Waals surface area contributed by atoms with Crippen molar-refractivity contribution in [3.8, 4) is 0 Å². The summed E-state index contributed by atoms with van der Waals surface area (Å²) in [6.45, 7) is 1.40. The number of primary amides is 1. The summed E-state index contributed by atoms with van der Waals surface area (Å²) in [6, 6.07) is 13.7. The number of benzene rings is 2. The maximum atomic E-state index is 12.7. The lowest BCUT2D eigenvalue weighted by molar-refractivity contribution is -0.130. The number of nitrogens with zero attached hydrogens (tertiary/aromatic N) is 2. The predicted molar refractivity (Wildman–Crippen MR) is 118 cm³/mol. The number of rotatable bonds is 6. The van der Waals surface area contributed by atoms with Gasteiger partial charge in [-0.05, 0) is 61.3 Å². The average Bonchev–Trinajstić information content (AvgIpc) is 3.24. The highest BCUT2D eigenvalue weighted by Gasteiger charge is 2.29. The maximum absolute atomic E-state index is 12.7. The third kappa shape index (κ3) is 4.78. The second-order valence-corrected chi connectivity index (χ2v) is 8.00. The van der Waals surface area contributed by atoms with E-state index in [2.05, 4.69) is 15.6 Å². The first-order chi connectivity index (χ1) is 15.4. The maximum Gasteiger partial charge on any atom is 0.255 e. The molecule has 9 nitrogen and oxygen atoms in total. The number of hydrazine groups is 1. The molecule has 2 aliphatic heterocycles. The highest BCUT2D eigenvalue weighted by molar-refractivity contribution is 6.05. The van der Waals surface area contributed by atoms with Crippen molar-refractivity contribution in [2.75, 3.05) is 16.9 Å². The van der Waals surface area contributed by atoms with Gasteiger partial charge in [0.25, 0.3) is 5.91 Å². The summed E-state index contributed by atoms with van der Waals surface area (Å²) in [6.07, 6.45) is 2.04. The molecule has 0 aliphatic carbocycles. The number of hydrogen-bond acceptors (Lipinski definition) is 5.